The van der Waals surface area contributed by atoms with E-state index in [-0.39, 0.29) is 6.04 Å². The van der Waals surface area contributed by atoms with E-state index in [0.29, 0.717) is 5.92 Å². The predicted molar refractivity (Wildman–Crippen MR) is 94.3 cm³/mol. The van der Waals surface area contributed by atoms with E-state index in [1.165, 1.54) is 28.0 Å². The molecule has 1 nitrogen and oxygen atoms in total. The van der Waals surface area contributed by atoms with Crippen LogP contribution in [0.3, 0.4) is 0 Å². The molecule has 0 saturated heterocycles. The van der Waals surface area contributed by atoms with E-state index in [2.05, 4.69) is 74.0 Å². The standard InChI is InChI=1S/C19H25NS/c1-5-14(2)15-10-12-16(13-11-15)19(20-3)17-8-6-7-9-18(17)21-4/h6-14,19-20H,5H2,1-4H3. The zero-order chi connectivity index (χ0) is 15.2. The summed E-state index contributed by atoms with van der Waals surface area (Å²) < 4.78 is 0. The Hall–Kier alpha value is -1.25. The summed E-state index contributed by atoms with van der Waals surface area (Å²) in [5.74, 6) is 0.630. The van der Waals surface area contributed by atoms with Crippen LogP contribution < -0.4 is 5.32 Å². The van der Waals surface area contributed by atoms with Crippen LogP contribution in [0, 0.1) is 0 Å². The molecule has 0 heterocycles. The van der Waals surface area contributed by atoms with Gasteiger partial charge in [-0.05, 0) is 48.4 Å². The fraction of sp³-hybridized carbons (Fsp3) is 0.368. The highest BCUT2D eigenvalue weighted by Crippen LogP contribution is 2.30. The van der Waals surface area contributed by atoms with E-state index >= 15 is 0 Å². The van der Waals surface area contributed by atoms with E-state index in [0.717, 1.165) is 0 Å². The van der Waals surface area contributed by atoms with E-state index in [1.54, 1.807) is 11.8 Å². The minimum Gasteiger partial charge on any atom is -0.309 e. The maximum absolute atomic E-state index is 3.46. The lowest BCUT2D eigenvalue weighted by Crippen LogP contribution is -2.18. The molecule has 2 aromatic rings. The Labute approximate surface area is 133 Å². The molecule has 0 spiro atoms. The van der Waals surface area contributed by atoms with Gasteiger partial charge in [0, 0.05) is 4.90 Å². The summed E-state index contributed by atoms with van der Waals surface area (Å²) in [6.45, 7) is 4.53. The number of hydrogen-bond acceptors (Lipinski definition) is 2. The molecule has 0 bridgehead atoms. The van der Waals surface area contributed by atoms with Crippen LogP contribution in [0.2, 0.25) is 0 Å². The van der Waals surface area contributed by atoms with Gasteiger partial charge in [0.15, 0.2) is 0 Å². The lowest BCUT2D eigenvalue weighted by Gasteiger charge is -2.20. The summed E-state index contributed by atoms with van der Waals surface area (Å²) in [4.78, 5) is 1.34. The van der Waals surface area contributed by atoms with E-state index in [4.69, 9.17) is 0 Å². The van der Waals surface area contributed by atoms with Gasteiger partial charge in [0.25, 0.3) is 0 Å². The van der Waals surface area contributed by atoms with Gasteiger partial charge in [0.05, 0.1) is 6.04 Å². The fourth-order valence-corrected chi connectivity index (χ4v) is 3.30. The molecule has 0 fully saturated rings. The van der Waals surface area contributed by atoms with Crippen molar-refractivity contribution in [3.05, 3.63) is 65.2 Å². The van der Waals surface area contributed by atoms with Crippen molar-refractivity contribution in [2.24, 2.45) is 0 Å². The Morgan fingerprint density at radius 1 is 1.00 bits per heavy atom. The molecule has 0 amide bonds. The fourth-order valence-electron chi connectivity index (χ4n) is 2.66. The van der Waals surface area contributed by atoms with Gasteiger partial charge < -0.3 is 5.32 Å². The Morgan fingerprint density at radius 3 is 2.19 bits per heavy atom. The van der Waals surface area contributed by atoms with Gasteiger partial charge in [-0.2, -0.15) is 0 Å². The van der Waals surface area contributed by atoms with Crippen LogP contribution >= 0.6 is 11.8 Å². The first kappa shape index (κ1) is 16.1. The maximum atomic E-state index is 3.46. The Bertz CT molecular complexity index is 562. The van der Waals surface area contributed by atoms with Gasteiger partial charge in [0.2, 0.25) is 0 Å². The number of thioether (sulfide) groups is 1. The van der Waals surface area contributed by atoms with Crippen molar-refractivity contribution < 1.29 is 0 Å². The van der Waals surface area contributed by atoms with Crippen molar-refractivity contribution in [1.82, 2.24) is 5.32 Å². The number of hydrogen-bond donors (Lipinski definition) is 1. The van der Waals surface area contributed by atoms with Gasteiger partial charge in [0.1, 0.15) is 0 Å². The van der Waals surface area contributed by atoms with Gasteiger partial charge in [-0.3, -0.25) is 0 Å². The van der Waals surface area contributed by atoms with Crippen molar-refractivity contribution in [2.45, 2.75) is 37.1 Å². The summed E-state index contributed by atoms with van der Waals surface area (Å²) in [6.07, 6.45) is 3.32. The highest BCUT2D eigenvalue weighted by atomic mass is 32.2. The van der Waals surface area contributed by atoms with Crippen LogP contribution in [0.4, 0.5) is 0 Å². The van der Waals surface area contributed by atoms with Gasteiger partial charge in [-0.1, -0.05) is 56.3 Å². The van der Waals surface area contributed by atoms with Crippen molar-refractivity contribution in [3.63, 3.8) is 0 Å². The summed E-state index contributed by atoms with van der Waals surface area (Å²) >= 11 is 1.81. The molecule has 0 aromatic heterocycles. The van der Waals surface area contributed by atoms with Crippen LogP contribution in [-0.2, 0) is 0 Å². The Kier molecular flexibility index (Phi) is 5.89. The zero-order valence-electron chi connectivity index (χ0n) is 13.4. The van der Waals surface area contributed by atoms with E-state index in [1.807, 2.05) is 7.05 Å². The van der Waals surface area contributed by atoms with E-state index < -0.39 is 0 Å². The summed E-state index contributed by atoms with van der Waals surface area (Å²) in [5, 5.41) is 3.46. The first-order chi connectivity index (χ1) is 10.2. The molecule has 21 heavy (non-hydrogen) atoms. The number of rotatable bonds is 6. The number of nitrogens with one attached hydrogen (secondary N) is 1. The van der Waals surface area contributed by atoms with Crippen LogP contribution in [0.15, 0.2) is 53.4 Å². The molecule has 2 heteroatoms. The lowest BCUT2D eigenvalue weighted by molar-refractivity contribution is 0.677. The van der Waals surface area contributed by atoms with Gasteiger partial charge >= 0.3 is 0 Å². The highest BCUT2D eigenvalue weighted by molar-refractivity contribution is 7.98. The topological polar surface area (TPSA) is 12.0 Å². The second kappa shape index (κ2) is 7.67. The Balaban J connectivity index is 2.33. The van der Waals surface area contributed by atoms with Crippen molar-refractivity contribution in [3.8, 4) is 0 Å². The third kappa shape index (κ3) is 3.69. The molecule has 0 aliphatic heterocycles. The maximum Gasteiger partial charge on any atom is 0.0585 e. The lowest BCUT2D eigenvalue weighted by atomic mass is 9.93. The molecule has 1 N–H and O–H groups in total. The van der Waals surface area contributed by atoms with Crippen molar-refractivity contribution >= 4 is 11.8 Å². The predicted octanol–water partition coefficient (Wildman–Crippen LogP) is 5.23. The highest BCUT2D eigenvalue weighted by Gasteiger charge is 2.15. The molecule has 0 radical (unpaired) electrons. The minimum atomic E-state index is 0.250. The largest absolute Gasteiger partial charge is 0.309 e. The molecular formula is C19H25NS. The second-order valence-corrected chi connectivity index (χ2v) is 6.29. The minimum absolute atomic E-state index is 0.250. The molecule has 2 rings (SSSR count). The van der Waals surface area contributed by atoms with Crippen LogP contribution in [-0.4, -0.2) is 13.3 Å². The molecule has 0 aliphatic carbocycles. The van der Waals surface area contributed by atoms with Crippen LogP contribution in [0.5, 0.6) is 0 Å². The average molecular weight is 299 g/mol. The van der Waals surface area contributed by atoms with E-state index in [9.17, 15) is 0 Å². The normalized spacial score (nSPS) is 13.9. The molecular weight excluding hydrogens is 274 g/mol. The summed E-state index contributed by atoms with van der Waals surface area (Å²) in [6, 6.07) is 18.0. The molecule has 112 valence electrons. The van der Waals surface area contributed by atoms with Gasteiger partial charge in [-0.15, -0.1) is 11.8 Å². The molecule has 2 aromatic carbocycles. The third-order valence-corrected chi connectivity index (χ3v) is 5.00. The van der Waals surface area contributed by atoms with Crippen LogP contribution in [0.1, 0.15) is 48.9 Å². The first-order valence-electron chi connectivity index (χ1n) is 7.61. The van der Waals surface area contributed by atoms with Crippen molar-refractivity contribution in [2.75, 3.05) is 13.3 Å². The smallest absolute Gasteiger partial charge is 0.0585 e. The SMILES string of the molecule is CCC(C)c1ccc(C(NC)c2ccccc2SC)cc1. The molecule has 0 aliphatic rings. The first-order valence-corrected chi connectivity index (χ1v) is 8.83. The molecule has 2 unspecified atom stereocenters. The third-order valence-electron chi connectivity index (χ3n) is 4.19. The second-order valence-electron chi connectivity index (χ2n) is 5.44. The zero-order valence-corrected chi connectivity index (χ0v) is 14.2. The quantitative estimate of drug-likeness (QED) is 0.733. The van der Waals surface area contributed by atoms with Crippen molar-refractivity contribution in [1.29, 1.82) is 0 Å². The Morgan fingerprint density at radius 2 is 1.62 bits per heavy atom. The number of benzene rings is 2. The van der Waals surface area contributed by atoms with Crippen LogP contribution in [0.25, 0.3) is 0 Å². The summed E-state index contributed by atoms with van der Waals surface area (Å²) in [7, 11) is 2.03. The molecule has 2 atom stereocenters. The van der Waals surface area contributed by atoms with Gasteiger partial charge in [-0.25, -0.2) is 0 Å². The summed E-state index contributed by atoms with van der Waals surface area (Å²) in [5.41, 5.74) is 4.10. The average Bonchev–Trinajstić information content (AvgIpc) is 2.56. The monoisotopic (exact) mass is 299 g/mol. The molecule has 0 saturated carbocycles.